The molecule has 0 spiro atoms. The molecule has 0 amide bonds. The van der Waals surface area contributed by atoms with Crippen LogP contribution >= 0.6 is 27.5 Å². The van der Waals surface area contributed by atoms with Crippen molar-refractivity contribution in [3.63, 3.8) is 0 Å². The van der Waals surface area contributed by atoms with Gasteiger partial charge in [0.15, 0.2) is 0 Å². The summed E-state index contributed by atoms with van der Waals surface area (Å²) in [4.78, 5) is 0. The molecule has 0 saturated heterocycles. The lowest BCUT2D eigenvalue weighted by Gasteiger charge is -2.17. The van der Waals surface area contributed by atoms with Gasteiger partial charge in [-0.1, -0.05) is 23.7 Å². The average Bonchev–Trinajstić information content (AvgIpc) is 2.76. The zero-order valence-electron chi connectivity index (χ0n) is 10.7. The summed E-state index contributed by atoms with van der Waals surface area (Å²) in [6.07, 6.45) is 2.22. The summed E-state index contributed by atoms with van der Waals surface area (Å²) in [6.45, 7) is 2.11. The van der Waals surface area contributed by atoms with E-state index in [9.17, 15) is 0 Å². The summed E-state index contributed by atoms with van der Waals surface area (Å²) in [5, 5.41) is 4.47. The van der Waals surface area contributed by atoms with Crippen molar-refractivity contribution in [2.24, 2.45) is 0 Å². The number of nitrogens with one attached hydrogen (secondary N) is 1. The number of benzene rings is 2. The van der Waals surface area contributed by atoms with Crippen molar-refractivity contribution in [1.29, 1.82) is 0 Å². The minimum atomic E-state index is 0.380. The lowest BCUT2D eigenvalue weighted by molar-refractivity contribution is 0.761. The van der Waals surface area contributed by atoms with Gasteiger partial charge >= 0.3 is 0 Å². The van der Waals surface area contributed by atoms with Crippen LogP contribution in [0.3, 0.4) is 0 Å². The molecule has 0 fully saturated rings. The second kappa shape index (κ2) is 5.18. The van der Waals surface area contributed by atoms with E-state index in [1.54, 1.807) is 0 Å². The van der Waals surface area contributed by atoms with Crippen molar-refractivity contribution in [3.8, 4) is 0 Å². The number of halogens is 2. The Labute approximate surface area is 127 Å². The first-order valence-electron chi connectivity index (χ1n) is 6.44. The molecule has 0 aliphatic heterocycles. The summed E-state index contributed by atoms with van der Waals surface area (Å²) in [6, 6.07) is 13.0. The van der Waals surface area contributed by atoms with Crippen molar-refractivity contribution in [2.45, 2.75) is 25.8 Å². The second-order valence-corrected chi connectivity index (χ2v) is 6.35. The van der Waals surface area contributed by atoms with E-state index >= 15 is 0 Å². The minimum absolute atomic E-state index is 0.380. The van der Waals surface area contributed by atoms with Crippen LogP contribution in [0.25, 0.3) is 0 Å². The quantitative estimate of drug-likeness (QED) is 0.762. The number of rotatable bonds is 2. The summed E-state index contributed by atoms with van der Waals surface area (Å²) >= 11 is 9.66. The van der Waals surface area contributed by atoms with Crippen LogP contribution < -0.4 is 5.32 Å². The van der Waals surface area contributed by atoms with Crippen LogP contribution in [-0.2, 0) is 6.42 Å². The maximum atomic E-state index is 6.05. The fourth-order valence-corrected chi connectivity index (χ4v) is 3.23. The van der Waals surface area contributed by atoms with Crippen molar-refractivity contribution in [1.82, 2.24) is 0 Å². The maximum Gasteiger partial charge on any atom is 0.0520 e. The van der Waals surface area contributed by atoms with E-state index in [0.717, 1.165) is 28.0 Å². The number of hydrogen-bond acceptors (Lipinski definition) is 1. The molecule has 19 heavy (non-hydrogen) atoms. The summed E-state index contributed by atoms with van der Waals surface area (Å²) < 4.78 is 1.11. The molecule has 98 valence electrons. The van der Waals surface area contributed by atoms with Gasteiger partial charge in [0.25, 0.3) is 0 Å². The van der Waals surface area contributed by atoms with E-state index < -0.39 is 0 Å². The molecule has 0 heterocycles. The summed E-state index contributed by atoms with van der Waals surface area (Å²) in [5.41, 5.74) is 5.17. The molecule has 1 unspecified atom stereocenters. The molecule has 0 radical (unpaired) electrons. The Bertz CT molecular complexity index is 624. The van der Waals surface area contributed by atoms with Crippen LogP contribution in [0.5, 0.6) is 0 Å². The normalized spacial score (nSPS) is 17.3. The van der Waals surface area contributed by atoms with Crippen LogP contribution in [0.2, 0.25) is 5.02 Å². The number of fused-ring (bicyclic) bond motifs is 1. The SMILES string of the molecule is Cc1ccc(Br)c(NC2CCc3cc(Cl)ccc32)c1. The van der Waals surface area contributed by atoms with Crippen molar-refractivity contribution >= 4 is 33.2 Å². The predicted molar refractivity (Wildman–Crippen MR) is 85.0 cm³/mol. The molecule has 0 aromatic heterocycles. The third-order valence-electron chi connectivity index (χ3n) is 3.63. The topological polar surface area (TPSA) is 12.0 Å². The zero-order valence-corrected chi connectivity index (χ0v) is 13.1. The molecule has 1 nitrogen and oxygen atoms in total. The highest BCUT2D eigenvalue weighted by molar-refractivity contribution is 9.10. The van der Waals surface area contributed by atoms with Gasteiger partial charge < -0.3 is 5.32 Å². The molecular weight excluding hydrogens is 322 g/mol. The summed E-state index contributed by atoms with van der Waals surface area (Å²) in [7, 11) is 0. The van der Waals surface area contributed by atoms with E-state index in [2.05, 4.69) is 58.5 Å². The van der Waals surface area contributed by atoms with Crippen LogP contribution in [0.1, 0.15) is 29.2 Å². The highest BCUT2D eigenvalue weighted by Crippen LogP contribution is 2.37. The molecule has 1 aliphatic rings. The lowest BCUT2D eigenvalue weighted by Crippen LogP contribution is -2.07. The average molecular weight is 337 g/mol. The summed E-state index contributed by atoms with van der Waals surface area (Å²) in [5.74, 6) is 0. The Morgan fingerprint density at radius 2 is 2.05 bits per heavy atom. The number of hydrogen-bond donors (Lipinski definition) is 1. The molecule has 0 saturated carbocycles. The molecule has 2 aromatic rings. The van der Waals surface area contributed by atoms with Gasteiger partial charge in [-0.2, -0.15) is 0 Å². The molecule has 3 heteroatoms. The smallest absolute Gasteiger partial charge is 0.0520 e. The predicted octanol–water partition coefficient (Wildman–Crippen LogP) is 5.51. The Hall–Kier alpha value is -0.990. The Morgan fingerprint density at radius 1 is 1.21 bits per heavy atom. The third kappa shape index (κ3) is 2.65. The monoisotopic (exact) mass is 335 g/mol. The number of aryl methyl sites for hydroxylation is 2. The van der Waals surface area contributed by atoms with Gasteiger partial charge in [-0.05, 0) is 76.7 Å². The van der Waals surface area contributed by atoms with Gasteiger partial charge in [0, 0.05) is 15.2 Å². The Kier molecular flexibility index (Phi) is 3.55. The standard InChI is InChI=1S/C16H15BrClN/c1-10-2-6-14(17)16(8-10)19-15-7-3-11-9-12(18)4-5-13(11)15/h2,4-6,8-9,15,19H,3,7H2,1H3. The highest BCUT2D eigenvalue weighted by Gasteiger charge is 2.22. The van der Waals surface area contributed by atoms with Crippen molar-refractivity contribution in [3.05, 3.63) is 62.6 Å². The lowest BCUT2D eigenvalue weighted by atomic mass is 10.1. The van der Waals surface area contributed by atoms with E-state index in [1.807, 2.05) is 6.07 Å². The van der Waals surface area contributed by atoms with Crippen LogP contribution in [0.15, 0.2) is 40.9 Å². The third-order valence-corrected chi connectivity index (χ3v) is 4.56. The van der Waals surface area contributed by atoms with Crippen LogP contribution in [0, 0.1) is 6.92 Å². The van der Waals surface area contributed by atoms with E-state index in [-0.39, 0.29) is 0 Å². The van der Waals surface area contributed by atoms with Crippen molar-refractivity contribution in [2.75, 3.05) is 5.32 Å². The van der Waals surface area contributed by atoms with Crippen LogP contribution in [-0.4, -0.2) is 0 Å². The van der Waals surface area contributed by atoms with Gasteiger partial charge in [0.2, 0.25) is 0 Å². The van der Waals surface area contributed by atoms with Crippen LogP contribution in [0.4, 0.5) is 5.69 Å². The molecule has 1 atom stereocenters. The molecule has 0 bridgehead atoms. The fraction of sp³-hybridized carbons (Fsp3) is 0.250. The number of anilines is 1. The first-order valence-corrected chi connectivity index (χ1v) is 7.61. The minimum Gasteiger partial charge on any atom is -0.377 e. The second-order valence-electron chi connectivity index (χ2n) is 5.06. The van der Waals surface area contributed by atoms with Gasteiger partial charge in [0.05, 0.1) is 6.04 Å². The first-order chi connectivity index (χ1) is 9.13. The molecule has 1 aliphatic carbocycles. The molecular formula is C16H15BrClN. The van der Waals surface area contributed by atoms with Gasteiger partial charge in [0.1, 0.15) is 0 Å². The Morgan fingerprint density at radius 3 is 2.89 bits per heavy atom. The molecule has 3 rings (SSSR count). The largest absolute Gasteiger partial charge is 0.377 e. The maximum absolute atomic E-state index is 6.05. The molecule has 1 N–H and O–H groups in total. The molecule has 2 aromatic carbocycles. The highest BCUT2D eigenvalue weighted by atomic mass is 79.9. The van der Waals surface area contributed by atoms with E-state index in [4.69, 9.17) is 11.6 Å². The Balaban J connectivity index is 1.88. The van der Waals surface area contributed by atoms with Gasteiger partial charge in [-0.25, -0.2) is 0 Å². The van der Waals surface area contributed by atoms with E-state index in [0.29, 0.717) is 6.04 Å². The van der Waals surface area contributed by atoms with Gasteiger partial charge in [-0.3, -0.25) is 0 Å². The van der Waals surface area contributed by atoms with E-state index in [1.165, 1.54) is 16.7 Å². The van der Waals surface area contributed by atoms with Crippen molar-refractivity contribution < 1.29 is 0 Å². The fourth-order valence-electron chi connectivity index (χ4n) is 2.67. The zero-order chi connectivity index (χ0) is 13.4. The van der Waals surface area contributed by atoms with Gasteiger partial charge in [-0.15, -0.1) is 0 Å². The first kappa shape index (κ1) is 13.0.